The molecule has 0 aromatic heterocycles. The summed E-state index contributed by atoms with van der Waals surface area (Å²) in [5, 5.41) is 39.4. The Balaban J connectivity index is 2.98. The number of carbonyl (C=O) groups is 6. The first kappa shape index (κ1) is 22.4. The van der Waals surface area contributed by atoms with Gasteiger partial charge >= 0.3 is 23.9 Å². The summed E-state index contributed by atoms with van der Waals surface area (Å²) in [5.74, 6) is -7.87. The predicted molar refractivity (Wildman–Crippen MR) is 89.2 cm³/mol. The molecule has 2 unspecified atom stereocenters. The Morgan fingerprint density at radius 3 is 1.14 bits per heavy atom. The van der Waals surface area contributed by atoms with Crippen LogP contribution in [0.4, 0.5) is 0 Å². The van der Waals surface area contributed by atoms with E-state index in [0.29, 0.717) is 0 Å². The van der Waals surface area contributed by atoms with Crippen molar-refractivity contribution in [3.8, 4) is 0 Å². The Bertz CT molecular complexity index is 735. The number of hydrogen-bond donors (Lipinski definition) is 6. The Hall–Kier alpha value is -3.64. The van der Waals surface area contributed by atoms with E-state index in [1.54, 1.807) is 0 Å². The molecule has 1 aromatic rings. The largest absolute Gasteiger partial charge is 0.480 e. The highest BCUT2D eigenvalue weighted by Gasteiger charge is 2.29. The molecule has 1 aromatic carbocycles. The van der Waals surface area contributed by atoms with Crippen LogP contribution in [0.2, 0.25) is 0 Å². The molecule has 0 spiro atoms. The van der Waals surface area contributed by atoms with E-state index in [1.807, 2.05) is 0 Å². The van der Waals surface area contributed by atoms with Gasteiger partial charge in [0.25, 0.3) is 0 Å². The summed E-state index contributed by atoms with van der Waals surface area (Å²) in [6.45, 7) is -1.54. The second-order valence-electron chi connectivity index (χ2n) is 5.40. The van der Waals surface area contributed by atoms with Gasteiger partial charge in [-0.2, -0.15) is 0 Å². The molecule has 0 fully saturated rings. The van der Waals surface area contributed by atoms with Crippen molar-refractivity contribution in [2.24, 2.45) is 0 Å². The molecule has 0 saturated carbocycles. The fraction of sp³-hybridized carbons (Fsp3) is 0.250. The van der Waals surface area contributed by atoms with Crippen LogP contribution in [0.1, 0.15) is 20.7 Å². The van der Waals surface area contributed by atoms with Gasteiger partial charge in [-0.1, -0.05) is 24.3 Å². The number of carboxylic acids is 4. The zero-order valence-corrected chi connectivity index (χ0v) is 14.1. The third-order valence-corrected chi connectivity index (χ3v) is 3.39. The van der Waals surface area contributed by atoms with Crippen molar-refractivity contribution >= 4 is 35.4 Å². The Labute approximate surface area is 156 Å². The number of ketones is 2. The minimum atomic E-state index is -1.83. The van der Waals surface area contributed by atoms with Gasteiger partial charge in [-0.05, 0) is 0 Å². The molecule has 0 aliphatic rings. The summed E-state index contributed by atoms with van der Waals surface area (Å²) in [4.78, 5) is 67.7. The summed E-state index contributed by atoms with van der Waals surface area (Å²) < 4.78 is 0. The molecule has 0 radical (unpaired) electrons. The molecular weight excluding hydrogens is 380 g/mol. The highest BCUT2D eigenvalue weighted by molar-refractivity contribution is 6.14. The summed E-state index contributed by atoms with van der Waals surface area (Å²) in [6.07, 6.45) is 0. The van der Waals surface area contributed by atoms with E-state index in [9.17, 15) is 28.8 Å². The topological polar surface area (TPSA) is 207 Å². The van der Waals surface area contributed by atoms with E-state index in [0.717, 1.165) is 24.3 Å². The first-order valence-electron chi connectivity index (χ1n) is 7.59. The smallest absolute Gasteiger partial charge is 0.328 e. The van der Waals surface area contributed by atoms with Crippen LogP contribution in [-0.4, -0.2) is 81.0 Å². The van der Waals surface area contributed by atoms with Crippen molar-refractivity contribution in [3.05, 3.63) is 35.4 Å². The normalized spacial score (nSPS) is 12.6. The van der Waals surface area contributed by atoms with Crippen molar-refractivity contribution in [2.75, 3.05) is 13.1 Å². The molecular formula is C16H16N2O10. The summed E-state index contributed by atoms with van der Waals surface area (Å²) >= 11 is 0. The molecule has 0 aliphatic carbocycles. The van der Waals surface area contributed by atoms with Gasteiger partial charge in [0.05, 0.1) is 13.1 Å². The molecule has 150 valence electrons. The van der Waals surface area contributed by atoms with Gasteiger partial charge in [-0.25, -0.2) is 0 Å². The monoisotopic (exact) mass is 396 g/mol. The maximum absolute atomic E-state index is 12.2. The van der Waals surface area contributed by atoms with Crippen LogP contribution < -0.4 is 10.6 Å². The third-order valence-electron chi connectivity index (χ3n) is 3.39. The van der Waals surface area contributed by atoms with Gasteiger partial charge in [-0.15, -0.1) is 0 Å². The quantitative estimate of drug-likeness (QED) is 0.173. The maximum atomic E-state index is 12.2. The number of rotatable bonds is 12. The maximum Gasteiger partial charge on any atom is 0.328 e. The summed E-state index contributed by atoms with van der Waals surface area (Å²) in [5.41, 5.74) is -0.320. The molecule has 0 amide bonds. The molecule has 12 nitrogen and oxygen atoms in total. The summed E-state index contributed by atoms with van der Waals surface area (Å²) in [6, 6.07) is 0.630. The lowest BCUT2D eigenvalue weighted by Crippen LogP contribution is -2.46. The van der Waals surface area contributed by atoms with Gasteiger partial charge < -0.3 is 20.4 Å². The van der Waals surface area contributed by atoms with Crippen LogP contribution in [0, 0.1) is 0 Å². The van der Waals surface area contributed by atoms with Crippen molar-refractivity contribution < 1.29 is 49.2 Å². The molecule has 2 atom stereocenters. The van der Waals surface area contributed by atoms with E-state index in [2.05, 4.69) is 10.6 Å². The molecule has 0 saturated heterocycles. The number of benzene rings is 1. The minimum absolute atomic E-state index is 0.160. The highest BCUT2D eigenvalue weighted by atomic mass is 16.4. The van der Waals surface area contributed by atoms with Gasteiger partial charge in [0.1, 0.15) is 0 Å². The van der Waals surface area contributed by atoms with Crippen LogP contribution in [-0.2, 0) is 19.2 Å². The molecule has 0 bridgehead atoms. The second-order valence-corrected chi connectivity index (χ2v) is 5.40. The van der Waals surface area contributed by atoms with Crippen molar-refractivity contribution in [1.82, 2.24) is 10.6 Å². The third kappa shape index (κ3) is 6.26. The van der Waals surface area contributed by atoms with E-state index in [-0.39, 0.29) is 11.1 Å². The Kier molecular flexibility index (Phi) is 7.91. The van der Waals surface area contributed by atoms with E-state index >= 15 is 0 Å². The van der Waals surface area contributed by atoms with Crippen molar-refractivity contribution in [2.45, 2.75) is 12.1 Å². The lowest BCUT2D eigenvalue weighted by atomic mass is 9.99. The molecule has 12 heteroatoms. The first-order valence-corrected chi connectivity index (χ1v) is 7.59. The van der Waals surface area contributed by atoms with E-state index in [1.165, 1.54) is 0 Å². The Morgan fingerprint density at radius 1 is 0.643 bits per heavy atom. The first-order chi connectivity index (χ1) is 13.0. The molecule has 0 aliphatic heterocycles. The van der Waals surface area contributed by atoms with Gasteiger partial charge in [0.2, 0.25) is 0 Å². The second kappa shape index (κ2) is 9.89. The Morgan fingerprint density at radius 2 is 0.929 bits per heavy atom. The molecule has 0 heterocycles. The van der Waals surface area contributed by atoms with E-state index < -0.39 is 60.6 Å². The fourth-order valence-electron chi connectivity index (χ4n) is 2.10. The van der Waals surface area contributed by atoms with E-state index in [4.69, 9.17) is 20.4 Å². The predicted octanol–water partition coefficient (Wildman–Crippen LogP) is -1.69. The zero-order valence-electron chi connectivity index (χ0n) is 14.1. The molecule has 28 heavy (non-hydrogen) atoms. The number of Topliss-reactive ketones (excluding diaryl/α,β-unsaturated/α-hetero) is 2. The zero-order chi connectivity index (χ0) is 21.4. The van der Waals surface area contributed by atoms with Crippen LogP contribution in [0.25, 0.3) is 0 Å². The van der Waals surface area contributed by atoms with Gasteiger partial charge in [0, 0.05) is 11.1 Å². The van der Waals surface area contributed by atoms with Gasteiger partial charge in [0.15, 0.2) is 23.7 Å². The fourth-order valence-corrected chi connectivity index (χ4v) is 2.10. The lowest BCUT2D eigenvalue weighted by Gasteiger charge is -2.14. The van der Waals surface area contributed by atoms with Crippen LogP contribution in [0.15, 0.2) is 24.3 Å². The van der Waals surface area contributed by atoms with Crippen molar-refractivity contribution in [1.29, 1.82) is 0 Å². The van der Waals surface area contributed by atoms with Gasteiger partial charge in [-0.3, -0.25) is 39.4 Å². The average Bonchev–Trinajstić information content (AvgIpc) is 2.60. The standard InChI is InChI=1S/C16H16N2O10/c19-9(20)5-17-11(15(25)26)13(23)7-1-2-8(4-3-7)14(24)12(16(27)28)18-6-10(21)22/h1-4,11-12,17-18H,5-6H2,(H,19,20)(H,21,22)(H,25,26)(H,27,28). The van der Waals surface area contributed by atoms with Crippen LogP contribution >= 0.6 is 0 Å². The number of carbonyl (C=O) groups excluding carboxylic acids is 2. The lowest BCUT2D eigenvalue weighted by molar-refractivity contribution is -0.141. The number of aliphatic carboxylic acids is 4. The molecule has 1 rings (SSSR count). The van der Waals surface area contributed by atoms with Crippen LogP contribution in [0.5, 0.6) is 0 Å². The number of hydrogen-bond acceptors (Lipinski definition) is 8. The minimum Gasteiger partial charge on any atom is -0.480 e. The SMILES string of the molecule is O=C(O)CNC(C(=O)O)C(=O)c1ccc(C(=O)C(NCC(=O)O)C(=O)O)cc1. The van der Waals surface area contributed by atoms with Crippen LogP contribution in [0.3, 0.4) is 0 Å². The van der Waals surface area contributed by atoms with Crippen molar-refractivity contribution in [3.63, 3.8) is 0 Å². The number of carboxylic acid groups (broad SMARTS) is 4. The molecule has 6 N–H and O–H groups in total. The highest BCUT2D eigenvalue weighted by Crippen LogP contribution is 2.10. The number of nitrogens with one attached hydrogen (secondary N) is 2. The summed E-state index contributed by atoms with van der Waals surface area (Å²) in [7, 11) is 0. The average molecular weight is 396 g/mol.